The summed E-state index contributed by atoms with van der Waals surface area (Å²) in [6.45, 7) is 4.09. The van der Waals surface area contributed by atoms with Crippen molar-refractivity contribution >= 4 is 11.6 Å². The van der Waals surface area contributed by atoms with Crippen LogP contribution in [0.25, 0.3) is 0 Å². The Labute approximate surface area is 155 Å². The highest BCUT2D eigenvalue weighted by Crippen LogP contribution is 2.39. The van der Waals surface area contributed by atoms with Crippen LogP contribution in [0.5, 0.6) is 11.5 Å². The van der Waals surface area contributed by atoms with Crippen molar-refractivity contribution in [2.45, 2.75) is 26.4 Å². The second-order valence-corrected chi connectivity index (χ2v) is 6.59. The van der Waals surface area contributed by atoms with Crippen molar-refractivity contribution < 1.29 is 27.4 Å². The molecule has 0 aromatic heterocycles. The molecule has 4 nitrogen and oxygen atoms in total. The molecule has 0 spiro atoms. The SMILES string of the molecule is CC1=C(C(F)(F)F)CC(C)C(/C=C/C(=O)Nc2ccc3c(c2)OCCO3)=C1. The highest BCUT2D eigenvalue weighted by molar-refractivity contribution is 5.99. The number of hydrogen-bond acceptors (Lipinski definition) is 3. The number of ether oxygens (including phenoxy) is 2. The molecule has 1 heterocycles. The Kier molecular flexibility index (Phi) is 5.30. The van der Waals surface area contributed by atoms with Gasteiger partial charge in [0.2, 0.25) is 5.91 Å². The first kappa shape index (κ1) is 19.1. The Morgan fingerprint density at radius 1 is 1.22 bits per heavy atom. The average molecular weight is 379 g/mol. The fraction of sp³-hybridized carbons (Fsp3) is 0.350. The lowest BCUT2D eigenvalue weighted by Gasteiger charge is -2.24. The second-order valence-electron chi connectivity index (χ2n) is 6.59. The number of nitrogens with one attached hydrogen (secondary N) is 1. The van der Waals surface area contributed by atoms with Gasteiger partial charge in [-0.2, -0.15) is 13.2 Å². The largest absolute Gasteiger partial charge is 0.486 e. The van der Waals surface area contributed by atoms with Crippen LogP contribution in [0, 0.1) is 5.92 Å². The first-order chi connectivity index (χ1) is 12.7. The lowest BCUT2D eigenvalue weighted by atomic mass is 9.84. The smallest absolute Gasteiger partial charge is 0.412 e. The second kappa shape index (κ2) is 7.50. The minimum atomic E-state index is -4.32. The number of carbonyl (C=O) groups excluding carboxylic acids is 1. The molecule has 1 aromatic rings. The molecular weight excluding hydrogens is 359 g/mol. The van der Waals surface area contributed by atoms with E-state index in [-0.39, 0.29) is 23.8 Å². The number of carbonyl (C=O) groups is 1. The third-order valence-electron chi connectivity index (χ3n) is 4.52. The Balaban J connectivity index is 1.69. The number of halogens is 3. The van der Waals surface area contributed by atoms with Crippen molar-refractivity contribution in [3.8, 4) is 11.5 Å². The zero-order valence-corrected chi connectivity index (χ0v) is 15.0. The van der Waals surface area contributed by atoms with Gasteiger partial charge in [0, 0.05) is 23.4 Å². The lowest BCUT2D eigenvalue weighted by molar-refractivity contribution is -0.112. The van der Waals surface area contributed by atoms with Crippen LogP contribution in [-0.2, 0) is 4.79 Å². The summed E-state index contributed by atoms with van der Waals surface area (Å²) in [5.74, 6) is 0.498. The van der Waals surface area contributed by atoms with E-state index in [1.165, 1.54) is 19.1 Å². The van der Waals surface area contributed by atoms with E-state index in [1.54, 1.807) is 31.2 Å². The van der Waals surface area contributed by atoms with E-state index in [0.717, 1.165) is 0 Å². The summed E-state index contributed by atoms with van der Waals surface area (Å²) < 4.78 is 49.8. The Hall–Kier alpha value is -2.70. The summed E-state index contributed by atoms with van der Waals surface area (Å²) in [6, 6.07) is 5.09. The quantitative estimate of drug-likeness (QED) is 0.768. The summed E-state index contributed by atoms with van der Waals surface area (Å²) in [5.41, 5.74) is 0.924. The first-order valence-corrected chi connectivity index (χ1v) is 8.61. The van der Waals surface area contributed by atoms with Gasteiger partial charge in [-0.3, -0.25) is 4.79 Å². The van der Waals surface area contributed by atoms with E-state index in [0.29, 0.717) is 36.0 Å². The standard InChI is InChI=1S/C20H20F3NO3/c1-12-10-16(20(21,22)23)13(2)9-14(12)3-6-19(25)24-15-4-5-17-18(11-15)27-8-7-26-17/h3-6,9,11-12H,7-8,10H2,1-2H3,(H,24,25)/b6-3+. The van der Waals surface area contributed by atoms with Crippen LogP contribution < -0.4 is 14.8 Å². The molecular formula is C20H20F3NO3. The van der Waals surface area contributed by atoms with E-state index < -0.39 is 11.7 Å². The molecule has 27 heavy (non-hydrogen) atoms. The Bertz CT molecular complexity index is 837. The van der Waals surface area contributed by atoms with Crippen molar-refractivity contribution in [3.63, 3.8) is 0 Å². The van der Waals surface area contributed by atoms with Gasteiger partial charge in [-0.1, -0.05) is 19.1 Å². The van der Waals surface area contributed by atoms with Gasteiger partial charge in [-0.05, 0) is 42.5 Å². The molecule has 1 aliphatic carbocycles. The van der Waals surface area contributed by atoms with Crippen molar-refractivity contribution in [3.05, 3.63) is 53.1 Å². The molecule has 1 aliphatic heterocycles. The van der Waals surface area contributed by atoms with Crippen LogP contribution in [0.4, 0.5) is 18.9 Å². The minimum absolute atomic E-state index is 0.0880. The van der Waals surface area contributed by atoms with Crippen LogP contribution in [-0.4, -0.2) is 25.3 Å². The summed E-state index contributed by atoms with van der Waals surface area (Å²) in [5, 5.41) is 2.71. The van der Waals surface area contributed by atoms with Crippen molar-refractivity contribution in [1.82, 2.24) is 0 Å². The molecule has 0 radical (unpaired) electrons. The number of fused-ring (bicyclic) bond motifs is 1. The highest BCUT2D eigenvalue weighted by Gasteiger charge is 2.37. The molecule has 144 valence electrons. The molecule has 1 unspecified atom stereocenters. The van der Waals surface area contributed by atoms with Gasteiger partial charge < -0.3 is 14.8 Å². The molecule has 0 saturated carbocycles. The van der Waals surface area contributed by atoms with E-state index in [4.69, 9.17) is 9.47 Å². The zero-order valence-electron chi connectivity index (χ0n) is 15.0. The van der Waals surface area contributed by atoms with E-state index in [2.05, 4.69) is 5.32 Å². The molecule has 2 aliphatic rings. The van der Waals surface area contributed by atoms with Gasteiger partial charge >= 0.3 is 6.18 Å². The van der Waals surface area contributed by atoms with Crippen molar-refractivity contribution in [2.24, 2.45) is 5.92 Å². The first-order valence-electron chi connectivity index (χ1n) is 8.61. The van der Waals surface area contributed by atoms with E-state index >= 15 is 0 Å². The van der Waals surface area contributed by atoms with Gasteiger partial charge in [0.05, 0.1) is 0 Å². The van der Waals surface area contributed by atoms with Crippen LogP contribution in [0.2, 0.25) is 0 Å². The summed E-state index contributed by atoms with van der Waals surface area (Å²) in [6.07, 6.45) is -0.0283. The maximum atomic E-state index is 13.0. The maximum Gasteiger partial charge on any atom is 0.412 e. The molecule has 0 bridgehead atoms. The normalized spacial score (nSPS) is 19.9. The van der Waals surface area contributed by atoms with E-state index in [9.17, 15) is 18.0 Å². The molecule has 0 saturated heterocycles. The number of rotatable bonds is 3. The lowest BCUT2D eigenvalue weighted by Crippen LogP contribution is -2.19. The molecule has 0 fully saturated rings. The fourth-order valence-corrected chi connectivity index (χ4v) is 3.09. The van der Waals surface area contributed by atoms with Crippen LogP contribution in [0.15, 0.2) is 53.1 Å². The summed E-state index contributed by atoms with van der Waals surface area (Å²) >= 11 is 0. The van der Waals surface area contributed by atoms with Gasteiger partial charge in [0.15, 0.2) is 11.5 Å². The predicted octanol–water partition coefficient (Wildman–Crippen LogP) is 4.80. The maximum absolute atomic E-state index is 13.0. The van der Waals surface area contributed by atoms with Crippen molar-refractivity contribution in [1.29, 1.82) is 0 Å². The molecule has 1 atom stereocenters. The average Bonchev–Trinajstić information content (AvgIpc) is 2.61. The predicted molar refractivity (Wildman–Crippen MR) is 95.8 cm³/mol. The van der Waals surface area contributed by atoms with Gasteiger partial charge in [-0.25, -0.2) is 0 Å². The number of allylic oxidation sites excluding steroid dienone is 5. The fourth-order valence-electron chi connectivity index (χ4n) is 3.09. The monoisotopic (exact) mass is 379 g/mol. The number of alkyl halides is 3. The molecule has 1 N–H and O–H groups in total. The van der Waals surface area contributed by atoms with E-state index in [1.807, 2.05) is 0 Å². The van der Waals surface area contributed by atoms with Gasteiger partial charge in [0.25, 0.3) is 0 Å². The molecule has 1 aromatic carbocycles. The topological polar surface area (TPSA) is 47.6 Å². The number of amides is 1. The van der Waals surface area contributed by atoms with Crippen LogP contribution in [0.3, 0.4) is 0 Å². The number of anilines is 1. The molecule has 1 amide bonds. The molecule has 3 rings (SSSR count). The third kappa shape index (κ3) is 4.53. The van der Waals surface area contributed by atoms with Gasteiger partial charge in [-0.15, -0.1) is 0 Å². The Morgan fingerprint density at radius 2 is 1.93 bits per heavy atom. The number of benzene rings is 1. The van der Waals surface area contributed by atoms with Crippen LogP contribution >= 0.6 is 0 Å². The van der Waals surface area contributed by atoms with Gasteiger partial charge in [0.1, 0.15) is 13.2 Å². The summed E-state index contributed by atoms with van der Waals surface area (Å²) in [4.78, 5) is 12.1. The molecule has 7 heteroatoms. The summed E-state index contributed by atoms with van der Waals surface area (Å²) in [7, 11) is 0. The third-order valence-corrected chi connectivity index (χ3v) is 4.52. The van der Waals surface area contributed by atoms with Crippen LogP contribution in [0.1, 0.15) is 20.3 Å². The van der Waals surface area contributed by atoms with Crippen molar-refractivity contribution in [2.75, 3.05) is 18.5 Å². The Morgan fingerprint density at radius 3 is 2.63 bits per heavy atom. The zero-order chi connectivity index (χ0) is 19.6. The number of hydrogen-bond donors (Lipinski definition) is 1. The minimum Gasteiger partial charge on any atom is -0.486 e. The highest BCUT2D eigenvalue weighted by atomic mass is 19.4.